The number of carbonyl (C=O) groups is 1. The number of hydrogen-bond acceptors (Lipinski definition) is 3. The Morgan fingerprint density at radius 3 is 1.75 bits per heavy atom. The lowest BCUT2D eigenvalue weighted by molar-refractivity contribution is 0.205. The number of benzene rings is 1. The molecule has 0 aromatic heterocycles. The Hall–Kier alpha value is -1.60. The van der Waals surface area contributed by atoms with Crippen LogP contribution in [0.1, 0.15) is 104 Å². The fourth-order valence-corrected chi connectivity index (χ4v) is 5.08. The van der Waals surface area contributed by atoms with E-state index in [2.05, 4.69) is 6.92 Å². The first-order valence-corrected chi connectivity index (χ1v) is 13.1. The van der Waals surface area contributed by atoms with Gasteiger partial charge in [-0.1, -0.05) is 98.3 Å². The third-order valence-electron chi connectivity index (χ3n) is 5.70. The average Bonchev–Trinajstić information content (AvgIpc) is 2.63. The molecule has 184 valence electrons. The van der Waals surface area contributed by atoms with E-state index in [1.807, 2.05) is 60.6 Å². The van der Waals surface area contributed by atoms with Crippen LogP contribution in [-0.4, -0.2) is 37.5 Å². The van der Waals surface area contributed by atoms with E-state index in [1.54, 1.807) is 0 Å². The summed E-state index contributed by atoms with van der Waals surface area (Å²) in [6.45, 7) is 16.3. The summed E-state index contributed by atoms with van der Waals surface area (Å²) in [7, 11) is -2.79. The molecule has 32 heavy (non-hydrogen) atoms. The topological polar surface area (TPSA) is 77.9 Å². The summed E-state index contributed by atoms with van der Waals surface area (Å²) in [6.07, 6.45) is 4.69. The lowest BCUT2D eigenvalue weighted by Crippen LogP contribution is -2.47. The number of unbranched alkanes of at least 4 members (excludes halogenated alkanes) is 5. The summed E-state index contributed by atoms with van der Waals surface area (Å²) >= 11 is 0. The number of anilines is 1. The Labute approximate surface area is 196 Å². The highest BCUT2D eigenvalue weighted by molar-refractivity contribution is 7.91. The number of amides is 1. The van der Waals surface area contributed by atoms with Gasteiger partial charge in [0.2, 0.25) is 0 Å². The zero-order chi connectivity index (χ0) is 24.9. The maximum Gasteiger partial charge on any atom is 0.426 e. The molecule has 1 amide bonds. The molecular formula is C25H44N2O4S. The van der Waals surface area contributed by atoms with Crippen LogP contribution in [0.25, 0.3) is 0 Å². The van der Waals surface area contributed by atoms with Gasteiger partial charge in [-0.3, -0.25) is 0 Å². The summed E-state index contributed by atoms with van der Waals surface area (Å²) in [5.74, 6) is 0. The van der Waals surface area contributed by atoms with Gasteiger partial charge in [0.1, 0.15) is 0 Å². The number of rotatable bonds is 10. The highest BCUT2D eigenvalue weighted by atomic mass is 32.2. The lowest BCUT2D eigenvalue weighted by atomic mass is 9.77. The molecule has 0 heterocycles. The van der Waals surface area contributed by atoms with E-state index in [1.165, 1.54) is 17.8 Å². The van der Waals surface area contributed by atoms with Gasteiger partial charge in [0, 0.05) is 13.6 Å². The van der Waals surface area contributed by atoms with Crippen LogP contribution in [0.15, 0.2) is 12.1 Å². The molecule has 6 nitrogen and oxygen atoms in total. The first-order chi connectivity index (χ1) is 14.5. The second kappa shape index (κ2) is 11.0. The molecule has 0 saturated heterocycles. The van der Waals surface area contributed by atoms with Crippen molar-refractivity contribution in [3.63, 3.8) is 0 Å². The van der Waals surface area contributed by atoms with Gasteiger partial charge in [0.25, 0.3) is 0 Å². The third-order valence-corrected chi connectivity index (χ3v) is 7.47. The van der Waals surface area contributed by atoms with Gasteiger partial charge in [-0.25, -0.2) is 4.79 Å². The molecular weight excluding hydrogens is 424 g/mol. The van der Waals surface area contributed by atoms with Crippen molar-refractivity contribution >= 4 is 22.0 Å². The van der Waals surface area contributed by atoms with Crippen molar-refractivity contribution in [3.8, 4) is 0 Å². The van der Waals surface area contributed by atoms with Crippen LogP contribution in [0.5, 0.6) is 0 Å². The molecule has 0 saturated carbocycles. The SMILES string of the molecule is CCCCCCCCN(C)S(=O)(=O)N(C(=O)O)c1c(C(C)(C)C)cc(C)cc1C(C)(C)C. The second-order valence-corrected chi connectivity index (χ2v) is 12.7. The zero-order valence-electron chi connectivity index (χ0n) is 21.6. The molecule has 1 rings (SSSR count). The predicted octanol–water partition coefficient (Wildman–Crippen LogP) is 6.61. The smallest absolute Gasteiger partial charge is 0.426 e. The van der Waals surface area contributed by atoms with Crippen molar-refractivity contribution in [1.29, 1.82) is 0 Å². The normalized spacial score (nSPS) is 12.9. The van der Waals surface area contributed by atoms with Crippen molar-refractivity contribution in [2.45, 2.75) is 105 Å². The van der Waals surface area contributed by atoms with Gasteiger partial charge in [-0.15, -0.1) is 0 Å². The number of aryl methyl sites for hydroxylation is 1. The van der Waals surface area contributed by atoms with E-state index >= 15 is 0 Å². The zero-order valence-corrected chi connectivity index (χ0v) is 22.4. The first-order valence-electron chi connectivity index (χ1n) is 11.7. The number of nitrogens with zero attached hydrogens (tertiary/aromatic N) is 2. The Bertz CT molecular complexity index is 845. The molecule has 7 heteroatoms. The number of hydrogen-bond donors (Lipinski definition) is 1. The molecule has 0 aliphatic heterocycles. The largest absolute Gasteiger partial charge is 0.464 e. The van der Waals surface area contributed by atoms with Gasteiger partial charge in [0.05, 0.1) is 5.69 Å². The Kier molecular flexibility index (Phi) is 9.79. The van der Waals surface area contributed by atoms with E-state index in [-0.39, 0.29) is 5.69 Å². The summed E-state index contributed by atoms with van der Waals surface area (Å²) < 4.78 is 28.9. The van der Waals surface area contributed by atoms with Crippen LogP contribution < -0.4 is 4.31 Å². The van der Waals surface area contributed by atoms with Crippen molar-refractivity contribution in [2.24, 2.45) is 0 Å². The van der Waals surface area contributed by atoms with E-state index in [0.29, 0.717) is 28.4 Å². The van der Waals surface area contributed by atoms with Gasteiger partial charge >= 0.3 is 16.3 Å². The molecule has 0 aliphatic carbocycles. The standard InChI is InChI=1S/C25H44N2O4S/c1-10-11-12-13-14-15-16-26(9)32(30,31)27(23(28)29)22-20(24(3,4)5)17-19(2)18-21(22)25(6,7)8/h17-18H,10-16H2,1-9H3,(H,28,29). The quantitative estimate of drug-likeness (QED) is 0.392. The fraction of sp³-hybridized carbons (Fsp3) is 0.720. The second-order valence-electron chi connectivity index (χ2n) is 10.9. The molecule has 1 aromatic rings. The summed E-state index contributed by atoms with van der Waals surface area (Å²) in [5.41, 5.74) is 1.78. The van der Waals surface area contributed by atoms with E-state index in [0.717, 1.165) is 31.2 Å². The predicted molar refractivity (Wildman–Crippen MR) is 134 cm³/mol. The first kappa shape index (κ1) is 28.4. The lowest BCUT2D eigenvalue weighted by Gasteiger charge is -2.35. The van der Waals surface area contributed by atoms with E-state index in [9.17, 15) is 18.3 Å². The van der Waals surface area contributed by atoms with Crippen molar-refractivity contribution in [2.75, 3.05) is 17.9 Å². The third kappa shape index (κ3) is 7.20. The van der Waals surface area contributed by atoms with Gasteiger partial charge in [-0.05, 0) is 35.3 Å². The van der Waals surface area contributed by atoms with Crippen LogP contribution in [0, 0.1) is 6.92 Å². The molecule has 0 aliphatic rings. The maximum atomic E-state index is 13.6. The summed E-state index contributed by atoms with van der Waals surface area (Å²) in [5, 5.41) is 10.1. The van der Waals surface area contributed by atoms with Crippen molar-refractivity contribution < 1.29 is 18.3 Å². The molecule has 1 aromatic carbocycles. The van der Waals surface area contributed by atoms with Crippen LogP contribution in [-0.2, 0) is 21.0 Å². The molecule has 0 radical (unpaired) electrons. The van der Waals surface area contributed by atoms with Gasteiger partial charge in [0.15, 0.2) is 0 Å². The minimum absolute atomic E-state index is 0.262. The molecule has 0 bridgehead atoms. The van der Waals surface area contributed by atoms with E-state index in [4.69, 9.17) is 0 Å². The summed E-state index contributed by atoms with van der Waals surface area (Å²) in [4.78, 5) is 12.5. The molecule has 0 unspecified atom stereocenters. The Morgan fingerprint density at radius 2 is 1.34 bits per heavy atom. The fourth-order valence-electron chi connectivity index (χ4n) is 3.82. The highest BCUT2D eigenvalue weighted by Crippen LogP contribution is 2.42. The van der Waals surface area contributed by atoms with Gasteiger partial charge in [-0.2, -0.15) is 17.0 Å². The molecule has 0 atom stereocenters. The van der Waals surface area contributed by atoms with Crippen LogP contribution >= 0.6 is 0 Å². The van der Waals surface area contributed by atoms with E-state index < -0.39 is 27.1 Å². The highest BCUT2D eigenvalue weighted by Gasteiger charge is 2.39. The van der Waals surface area contributed by atoms with Crippen molar-refractivity contribution in [3.05, 3.63) is 28.8 Å². The number of carboxylic acid groups (broad SMARTS) is 1. The van der Waals surface area contributed by atoms with Crippen LogP contribution in [0.4, 0.5) is 10.5 Å². The average molecular weight is 469 g/mol. The van der Waals surface area contributed by atoms with Crippen LogP contribution in [0.2, 0.25) is 0 Å². The molecule has 0 spiro atoms. The van der Waals surface area contributed by atoms with Crippen molar-refractivity contribution in [1.82, 2.24) is 4.31 Å². The molecule has 1 N–H and O–H groups in total. The minimum Gasteiger partial charge on any atom is -0.464 e. The summed E-state index contributed by atoms with van der Waals surface area (Å²) in [6, 6.07) is 3.81. The molecule has 0 fully saturated rings. The van der Waals surface area contributed by atoms with Crippen LogP contribution in [0.3, 0.4) is 0 Å². The maximum absolute atomic E-state index is 13.6. The Balaban J connectivity index is 3.49. The Morgan fingerprint density at radius 1 is 0.906 bits per heavy atom. The van der Waals surface area contributed by atoms with Gasteiger partial charge < -0.3 is 5.11 Å². The minimum atomic E-state index is -4.26. The monoisotopic (exact) mass is 468 g/mol.